The van der Waals surface area contributed by atoms with E-state index in [1.54, 1.807) is 34.9 Å². The van der Waals surface area contributed by atoms with Crippen LogP contribution in [0.3, 0.4) is 0 Å². The van der Waals surface area contributed by atoms with E-state index in [2.05, 4.69) is 18.1 Å². The van der Waals surface area contributed by atoms with Crippen LogP contribution in [0.25, 0.3) is 21.6 Å². The normalized spacial score (nSPS) is 18.2. The average Bonchev–Trinajstić information content (AvgIpc) is 3.65. The number of thiazole rings is 1. The van der Waals surface area contributed by atoms with Crippen molar-refractivity contribution in [1.82, 2.24) is 9.97 Å². The molecule has 1 aromatic carbocycles. The molecule has 8 heteroatoms. The van der Waals surface area contributed by atoms with E-state index >= 15 is 0 Å². The molecule has 0 radical (unpaired) electrons. The van der Waals surface area contributed by atoms with E-state index < -0.39 is 10.0 Å². The third kappa shape index (κ3) is 4.75. The van der Waals surface area contributed by atoms with Crippen LogP contribution < -0.4 is 4.31 Å². The highest BCUT2D eigenvalue weighted by molar-refractivity contribution is 7.94. The van der Waals surface area contributed by atoms with Gasteiger partial charge < -0.3 is 4.98 Å². The maximum atomic E-state index is 13.2. The largest absolute Gasteiger partial charge is 0.351 e. The number of H-pyrrole nitrogens is 1. The van der Waals surface area contributed by atoms with Crippen molar-refractivity contribution in [2.75, 3.05) is 4.31 Å². The summed E-state index contributed by atoms with van der Waals surface area (Å²) >= 11 is 2.92. The monoisotopic (exact) mass is 523 g/mol. The van der Waals surface area contributed by atoms with Crippen molar-refractivity contribution >= 4 is 49.3 Å². The van der Waals surface area contributed by atoms with Crippen molar-refractivity contribution in [2.45, 2.75) is 42.7 Å². The third-order valence-electron chi connectivity index (χ3n) is 6.85. The summed E-state index contributed by atoms with van der Waals surface area (Å²) in [5.41, 5.74) is 2.19. The van der Waals surface area contributed by atoms with Crippen molar-refractivity contribution in [3.8, 4) is 10.7 Å². The Morgan fingerprint density at radius 3 is 2.80 bits per heavy atom. The number of nitrogens with one attached hydrogen (secondary N) is 1. The number of thiophene rings is 1. The number of nitrogens with zero attached hydrogens (tertiary/aromatic N) is 2. The fourth-order valence-corrected chi connectivity index (χ4v) is 8.52. The van der Waals surface area contributed by atoms with Gasteiger partial charge in [0.2, 0.25) is 0 Å². The highest BCUT2D eigenvalue weighted by atomic mass is 32.2. The molecular weight excluding hydrogens is 495 g/mol. The van der Waals surface area contributed by atoms with Gasteiger partial charge in [-0.2, -0.15) is 8.42 Å². The molecule has 3 heterocycles. The summed E-state index contributed by atoms with van der Waals surface area (Å²) in [4.78, 5) is 9.47. The topological polar surface area (TPSA) is 66.1 Å². The van der Waals surface area contributed by atoms with Gasteiger partial charge in [-0.1, -0.05) is 43.7 Å². The minimum absolute atomic E-state index is 0.282. The van der Waals surface area contributed by atoms with Crippen LogP contribution in [0.2, 0.25) is 0 Å². The van der Waals surface area contributed by atoms with E-state index in [1.807, 2.05) is 30.5 Å². The summed E-state index contributed by atoms with van der Waals surface area (Å²) in [5, 5.41) is 3.62. The van der Waals surface area contributed by atoms with Crippen LogP contribution in [0.4, 0.5) is 5.69 Å². The molecule has 0 spiro atoms. The van der Waals surface area contributed by atoms with Crippen LogP contribution in [-0.2, 0) is 16.4 Å². The highest BCUT2D eigenvalue weighted by Gasteiger charge is 2.28. The quantitative estimate of drug-likeness (QED) is 0.217. The van der Waals surface area contributed by atoms with E-state index in [-0.39, 0.29) is 4.21 Å². The summed E-state index contributed by atoms with van der Waals surface area (Å²) in [6, 6.07) is 11.0. The number of aromatic nitrogens is 2. The Bertz CT molecular complexity index is 1430. The molecule has 1 unspecified atom stereocenters. The summed E-state index contributed by atoms with van der Waals surface area (Å²) in [5.74, 6) is 1.51. The van der Waals surface area contributed by atoms with Crippen molar-refractivity contribution < 1.29 is 8.42 Å². The predicted molar refractivity (Wildman–Crippen MR) is 148 cm³/mol. The zero-order chi connectivity index (χ0) is 24.4. The standard InChI is InChI=1S/C27H29N3O2S3/c1-3-5-9-19-10-6-11-20(19)16-22-18-28-27(34-22)23-17-21-12-7-13-24(26(21)29-23)30(4-2)35(31,32)25-14-8-15-33-25/h3-4,7-8,12-15,17-20,29H,1-2,5-6,9-11,16H2/t19-,20?/m1/s1. The summed E-state index contributed by atoms with van der Waals surface area (Å²) < 4.78 is 28.0. The number of aromatic amines is 1. The minimum Gasteiger partial charge on any atom is -0.351 e. The molecule has 0 saturated heterocycles. The molecule has 0 aliphatic heterocycles. The first kappa shape index (κ1) is 24.0. The van der Waals surface area contributed by atoms with Crippen LogP contribution in [0.15, 0.2) is 77.6 Å². The lowest BCUT2D eigenvalue weighted by atomic mass is 9.89. The van der Waals surface area contributed by atoms with E-state index in [1.165, 1.54) is 52.4 Å². The van der Waals surface area contributed by atoms with Gasteiger partial charge >= 0.3 is 0 Å². The Kier molecular flexibility index (Phi) is 6.95. The molecule has 182 valence electrons. The van der Waals surface area contributed by atoms with E-state index in [9.17, 15) is 8.42 Å². The molecule has 3 aromatic heterocycles. The van der Waals surface area contributed by atoms with E-state index in [0.717, 1.165) is 46.3 Å². The Morgan fingerprint density at radius 1 is 1.17 bits per heavy atom. The fourth-order valence-electron chi connectivity index (χ4n) is 5.15. The van der Waals surface area contributed by atoms with Crippen LogP contribution in [0, 0.1) is 11.8 Å². The average molecular weight is 524 g/mol. The number of fused-ring (bicyclic) bond motifs is 1. The summed E-state index contributed by atoms with van der Waals surface area (Å²) in [6.45, 7) is 7.67. The van der Waals surface area contributed by atoms with Gasteiger partial charge in [-0.3, -0.25) is 0 Å². The first-order valence-electron chi connectivity index (χ1n) is 11.9. The van der Waals surface area contributed by atoms with Gasteiger partial charge in [0.15, 0.2) is 0 Å². The van der Waals surface area contributed by atoms with Crippen LogP contribution in [0.5, 0.6) is 0 Å². The number of rotatable bonds is 10. The van der Waals surface area contributed by atoms with Crippen molar-refractivity contribution in [1.29, 1.82) is 0 Å². The van der Waals surface area contributed by atoms with Crippen molar-refractivity contribution in [3.63, 3.8) is 0 Å². The van der Waals surface area contributed by atoms with Crippen molar-refractivity contribution in [3.05, 3.63) is 78.3 Å². The smallest absolute Gasteiger partial charge is 0.277 e. The highest BCUT2D eigenvalue weighted by Crippen LogP contribution is 2.40. The maximum absolute atomic E-state index is 13.2. The van der Waals surface area contributed by atoms with Gasteiger partial charge in [-0.05, 0) is 61.1 Å². The zero-order valence-electron chi connectivity index (χ0n) is 19.5. The number of hydrogen-bond acceptors (Lipinski definition) is 5. The number of anilines is 1. The van der Waals surface area contributed by atoms with Crippen LogP contribution in [-0.4, -0.2) is 18.4 Å². The Labute approximate surface area is 214 Å². The SMILES string of the molecule is C=CCC[C@@H]1CCCC1Cc1cnc(-c2cc3cccc(N(C=C)S(=O)(=O)c4cccs4)c3[nH]2)s1. The third-order valence-corrected chi connectivity index (χ3v) is 11.0. The lowest BCUT2D eigenvalue weighted by Gasteiger charge is -2.20. The molecule has 1 aliphatic carbocycles. The predicted octanol–water partition coefficient (Wildman–Crippen LogP) is 7.62. The van der Waals surface area contributed by atoms with Crippen LogP contribution in [0.1, 0.15) is 37.0 Å². The number of sulfonamides is 1. The molecular formula is C27H29N3O2S3. The first-order valence-corrected chi connectivity index (χ1v) is 15.0. The van der Waals surface area contributed by atoms with Crippen LogP contribution >= 0.6 is 22.7 Å². The number of para-hydroxylation sites is 1. The Morgan fingerprint density at radius 2 is 2.03 bits per heavy atom. The second kappa shape index (κ2) is 10.1. The second-order valence-electron chi connectivity index (χ2n) is 8.99. The molecule has 0 amide bonds. The van der Waals surface area contributed by atoms with Gasteiger partial charge in [0, 0.05) is 22.7 Å². The molecule has 1 aliphatic rings. The van der Waals surface area contributed by atoms with Gasteiger partial charge in [0.1, 0.15) is 9.22 Å². The van der Waals surface area contributed by atoms with Gasteiger partial charge in [0.05, 0.1) is 16.9 Å². The molecule has 2 atom stereocenters. The van der Waals surface area contributed by atoms with Crippen molar-refractivity contribution in [2.24, 2.45) is 11.8 Å². The van der Waals surface area contributed by atoms with Gasteiger partial charge in [-0.15, -0.1) is 29.3 Å². The molecule has 5 rings (SSSR count). The fraction of sp³-hybridized carbons (Fsp3) is 0.296. The summed E-state index contributed by atoms with van der Waals surface area (Å²) in [6.07, 6.45) is 12.7. The lowest BCUT2D eigenvalue weighted by molar-refractivity contribution is 0.366. The molecule has 35 heavy (non-hydrogen) atoms. The summed E-state index contributed by atoms with van der Waals surface area (Å²) in [7, 11) is -3.73. The van der Waals surface area contributed by atoms with E-state index in [4.69, 9.17) is 4.98 Å². The van der Waals surface area contributed by atoms with E-state index in [0.29, 0.717) is 5.69 Å². The maximum Gasteiger partial charge on any atom is 0.277 e. The number of hydrogen-bond donors (Lipinski definition) is 1. The molecule has 5 nitrogen and oxygen atoms in total. The van der Waals surface area contributed by atoms with Gasteiger partial charge in [0.25, 0.3) is 10.0 Å². The van der Waals surface area contributed by atoms with Gasteiger partial charge in [-0.25, -0.2) is 9.29 Å². The molecule has 1 N–H and O–H groups in total. The molecule has 4 aromatic rings. The number of allylic oxidation sites excluding steroid dienone is 1. The molecule has 0 bridgehead atoms. The number of benzene rings is 1. The zero-order valence-corrected chi connectivity index (χ0v) is 22.0. The Hall–Kier alpha value is -2.68. The lowest BCUT2D eigenvalue weighted by Crippen LogP contribution is -2.24. The second-order valence-corrected chi connectivity index (χ2v) is 13.1. The Balaban J connectivity index is 1.42. The minimum atomic E-state index is -3.73. The molecule has 1 saturated carbocycles. The molecule has 1 fully saturated rings. The first-order chi connectivity index (χ1) is 17.0.